The van der Waals surface area contributed by atoms with Gasteiger partial charge in [0, 0.05) is 22.6 Å². The van der Waals surface area contributed by atoms with Gasteiger partial charge in [-0.3, -0.25) is 16.3 Å². The summed E-state index contributed by atoms with van der Waals surface area (Å²) in [7, 11) is 0. The molecule has 1 heterocycles. The van der Waals surface area contributed by atoms with Crippen molar-refractivity contribution in [2.45, 2.75) is 19.4 Å². The van der Waals surface area contributed by atoms with Gasteiger partial charge in [-0.2, -0.15) is 0 Å². The second-order valence-electron chi connectivity index (χ2n) is 4.50. The van der Waals surface area contributed by atoms with Crippen LogP contribution in [0.15, 0.2) is 41.1 Å². The molecule has 0 saturated heterocycles. The quantitative estimate of drug-likeness (QED) is 0.597. The molecule has 0 radical (unpaired) electrons. The predicted molar refractivity (Wildman–Crippen MR) is 81.3 cm³/mol. The highest BCUT2D eigenvalue weighted by Gasteiger charge is 2.14. The minimum atomic E-state index is 0.0135. The second-order valence-corrected chi connectivity index (χ2v) is 5.41. The Kier molecular flexibility index (Phi) is 4.52. The molecule has 5 heteroatoms. The number of nitrogens with zero attached hydrogens (tertiary/aromatic N) is 1. The fourth-order valence-electron chi connectivity index (χ4n) is 2.12. The van der Waals surface area contributed by atoms with E-state index in [4.69, 9.17) is 11.6 Å². The molecule has 0 bridgehead atoms. The van der Waals surface area contributed by atoms with Crippen LogP contribution in [-0.4, -0.2) is 4.98 Å². The molecular weight excluding hydrogens is 304 g/mol. The van der Waals surface area contributed by atoms with Crippen LogP contribution in [0.2, 0.25) is 0 Å². The van der Waals surface area contributed by atoms with Crippen LogP contribution in [0.5, 0.6) is 0 Å². The number of hydrogen-bond donors (Lipinski definition) is 3. The summed E-state index contributed by atoms with van der Waals surface area (Å²) in [4.78, 5) is 4.11. The molecule has 0 saturated carbocycles. The van der Waals surface area contributed by atoms with Crippen LogP contribution in [0.4, 0.5) is 5.69 Å². The summed E-state index contributed by atoms with van der Waals surface area (Å²) in [6, 6.07) is 7.97. The maximum absolute atomic E-state index is 5.95. The summed E-state index contributed by atoms with van der Waals surface area (Å²) in [6.07, 6.45) is 4.18. The Hall–Kier alpha value is -1.43. The second kappa shape index (κ2) is 6.14. The van der Waals surface area contributed by atoms with E-state index in [1.165, 1.54) is 5.56 Å². The molecule has 1 aromatic heterocycles. The molecule has 2 aromatic rings. The third kappa shape index (κ3) is 3.32. The summed E-state index contributed by atoms with van der Waals surface area (Å²) in [5.74, 6) is 5.69. The van der Waals surface area contributed by atoms with Crippen molar-refractivity contribution in [1.82, 2.24) is 10.4 Å². The number of anilines is 1. The van der Waals surface area contributed by atoms with Gasteiger partial charge >= 0.3 is 0 Å². The van der Waals surface area contributed by atoms with E-state index in [0.29, 0.717) is 6.42 Å². The molecular formula is C14H17BrN4. The number of hydrogen-bond acceptors (Lipinski definition) is 4. The highest BCUT2D eigenvalue weighted by atomic mass is 79.9. The molecule has 0 fully saturated rings. The van der Waals surface area contributed by atoms with Crippen molar-refractivity contribution < 1.29 is 0 Å². The molecule has 19 heavy (non-hydrogen) atoms. The lowest BCUT2D eigenvalue weighted by atomic mass is 9.96. The van der Waals surface area contributed by atoms with Gasteiger partial charge in [0.2, 0.25) is 0 Å². The molecule has 5 N–H and O–H groups in total. The van der Waals surface area contributed by atoms with E-state index in [0.717, 1.165) is 21.3 Å². The Labute approximate surface area is 121 Å². The number of rotatable bonds is 4. The lowest BCUT2D eigenvalue weighted by molar-refractivity contribution is 0.549. The number of hydrazine groups is 1. The maximum atomic E-state index is 5.95. The van der Waals surface area contributed by atoms with Crippen molar-refractivity contribution in [2.24, 2.45) is 5.84 Å². The largest absolute Gasteiger partial charge is 0.398 e. The first kappa shape index (κ1) is 14.0. The number of nitrogens with two attached hydrogens (primary N) is 2. The first-order valence-electron chi connectivity index (χ1n) is 6.02. The number of aromatic nitrogens is 1. The monoisotopic (exact) mass is 320 g/mol. The van der Waals surface area contributed by atoms with E-state index >= 15 is 0 Å². The Morgan fingerprint density at radius 1 is 1.37 bits per heavy atom. The molecule has 0 amide bonds. The fourth-order valence-corrected chi connectivity index (χ4v) is 2.59. The minimum Gasteiger partial charge on any atom is -0.398 e. The van der Waals surface area contributed by atoms with Gasteiger partial charge in [-0.15, -0.1) is 0 Å². The molecule has 2 rings (SSSR count). The molecule has 100 valence electrons. The molecule has 0 aliphatic carbocycles. The smallest absolute Gasteiger partial charge is 0.0504 e. The molecule has 1 atom stereocenters. The molecule has 1 unspecified atom stereocenters. The summed E-state index contributed by atoms with van der Waals surface area (Å²) < 4.78 is 1.06. The SMILES string of the molecule is Cc1cc(Br)ccc1C(Cc1cnccc1N)NN. The summed E-state index contributed by atoms with van der Waals surface area (Å²) >= 11 is 3.46. The Morgan fingerprint density at radius 2 is 2.16 bits per heavy atom. The van der Waals surface area contributed by atoms with Crippen LogP contribution in [-0.2, 0) is 6.42 Å². The average molecular weight is 321 g/mol. The van der Waals surface area contributed by atoms with Gasteiger partial charge in [-0.1, -0.05) is 22.0 Å². The first-order valence-corrected chi connectivity index (χ1v) is 6.81. The van der Waals surface area contributed by atoms with Crippen molar-refractivity contribution >= 4 is 21.6 Å². The van der Waals surface area contributed by atoms with Crippen molar-refractivity contribution in [3.63, 3.8) is 0 Å². The number of benzene rings is 1. The van der Waals surface area contributed by atoms with Gasteiger partial charge in [0.25, 0.3) is 0 Å². The number of nitrogens with one attached hydrogen (secondary N) is 1. The molecule has 0 spiro atoms. The van der Waals surface area contributed by atoms with E-state index in [1.54, 1.807) is 18.5 Å². The highest BCUT2D eigenvalue weighted by molar-refractivity contribution is 9.10. The zero-order valence-electron chi connectivity index (χ0n) is 10.7. The van der Waals surface area contributed by atoms with Crippen LogP contribution in [0, 0.1) is 6.92 Å². The van der Waals surface area contributed by atoms with Gasteiger partial charge in [-0.05, 0) is 48.2 Å². The predicted octanol–water partition coefficient (Wildman–Crippen LogP) is 2.48. The van der Waals surface area contributed by atoms with Gasteiger partial charge in [-0.25, -0.2) is 0 Å². The van der Waals surface area contributed by atoms with Crippen molar-refractivity contribution in [2.75, 3.05) is 5.73 Å². The van der Waals surface area contributed by atoms with Crippen molar-refractivity contribution in [3.05, 3.63) is 57.8 Å². The van der Waals surface area contributed by atoms with E-state index in [2.05, 4.69) is 45.4 Å². The van der Waals surface area contributed by atoms with Gasteiger partial charge in [0.1, 0.15) is 0 Å². The van der Waals surface area contributed by atoms with Crippen molar-refractivity contribution in [3.8, 4) is 0 Å². The minimum absolute atomic E-state index is 0.0135. The molecule has 4 nitrogen and oxygen atoms in total. The topological polar surface area (TPSA) is 77.0 Å². The number of halogens is 1. The molecule has 1 aromatic carbocycles. The van der Waals surface area contributed by atoms with E-state index in [1.807, 2.05) is 6.07 Å². The normalized spacial score (nSPS) is 12.4. The molecule has 0 aliphatic heterocycles. The lowest BCUT2D eigenvalue weighted by Gasteiger charge is -2.19. The summed E-state index contributed by atoms with van der Waals surface area (Å²) in [5, 5.41) is 0. The molecule has 0 aliphatic rings. The van der Waals surface area contributed by atoms with Crippen LogP contribution in [0.25, 0.3) is 0 Å². The van der Waals surface area contributed by atoms with Gasteiger partial charge in [0.15, 0.2) is 0 Å². The highest BCUT2D eigenvalue weighted by Crippen LogP contribution is 2.25. The van der Waals surface area contributed by atoms with E-state index < -0.39 is 0 Å². The Bertz CT molecular complexity index is 571. The standard InChI is InChI=1S/C14H17BrN4/c1-9-6-11(15)2-3-12(9)14(19-17)7-10-8-18-5-4-13(10)16/h2-6,8,14,19H,7,17H2,1H3,(H2,16,18). The number of nitrogen functional groups attached to an aromatic ring is 1. The first-order chi connectivity index (χ1) is 9.11. The fraction of sp³-hybridized carbons (Fsp3) is 0.214. The van der Waals surface area contributed by atoms with E-state index in [-0.39, 0.29) is 6.04 Å². The van der Waals surface area contributed by atoms with Crippen LogP contribution >= 0.6 is 15.9 Å². The van der Waals surface area contributed by atoms with Gasteiger partial charge in [0.05, 0.1) is 6.04 Å². The Morgan fingerprint density at radius 3 is 2.79 bits per heavy atom. The Balaban J connectivity index is 2.28. The third-order valence-corrected chi connectivity index (χ3v) is 3.67. The van der Waals surface area contributed by atoms with Crippen LogP contribution in [0.3, 0.4) is 0 Å². The van der Waals surface area contributed by atoms with Gasteiger partial charge < -0.3 is 5.73 Å². The zero-order valence-corrected chi connectivity index (χ0v) is 12.3. The average Bonchev–Trinajstić information content (AvgIpc) is 2.39. The summed E-state index contributed by atoms with van der Waals surface area (Å²) in [6.45, 7) is 2.07. The lowest BCUT2D eigenvalue weighted by Crippen LogP contribution is -2.30. The maximum Gasteiger partial charge on any atom is 0.0504 e. The number of pyridine rings is 1. The third-order valence-electron chi connectivity index (χ3n) is 3.17. The zero-order chi connectivity index (χ0) is 13.8. The van der Waals surface area contributed by atoms with E-state index in [9.17, 15) is 0 Å². The summed E-state index contributed by atoms with van der Waals surface area (Å²) in [5.41, 5.74) is 12.9. The van der Waals surface area contributed by atoms with Crippen molar-refractivity contribution in [1.29, 1.82) is 0 Å². The van der Waals surface area contributed by atoms with Crippen LogP contribution in [0.1, 0.15) is 22.7 Å². The number of aryl methyl sites for hydroxylation is 1. The van der Waals surface area contributed by atoms with Crippen LogP contribution < -0.4 is 17.0 Å².